The summed E-state index contributed by atoms with van der Waals surface area (Å²) < 4.78 is 5.04. The van der Waals surface area contributed by atoms with E-state index in [9.17, 15) is 0 Å². The molecule has 0 aliphatic heterocycles. The second-order valence-corrected chi connectivity index (χ2v) is 13.9. The van der Waals surface area contributed by atoms with Gasteiger partial charge in [0.05, 0.1) is 21.4 Å². The van der Waals surface area contributed by atoms with Gasteiger partial charge in [0.2, 0.25) is 0 Å². The molecule has 7 aromatic carbocycles. The fourth-order valence-corrected chi connectivity index (χ4v) is 9.09. The highest BCUT2D eigenvalue weighted by Gasteiger charge is 2.22. The molecule has 4 nitrogen and oxygen atoms in total. The summed E-state index contributed by atoms with van der Waals surface area (Å²) in [5.41, 5.74) is 7.02. The Hall–Kier alpha value is -6.43. The molecule has 0 amide bonds. The van der Waals surface area contributed by atoms with Crippen molar-refractivity contribution in [2.75, 3.05) is 0 Å². The number of hydrogen-bond acceptors (Lipinski definition) is 4. The summed E-state index contributed by atoms with van der Waals surface area (Å²) in [5.74, 6) is 0.652. The monoisotopic (exact) mass is 654 g/mol. The molecule has 5 heteroatoms. The number of rotatable bonds is 3. The van der Waals surface area contributed by atoms with Crippen molar-refractivity contribution in [3.63, 3.8) is 0 Å². The van der Waals surface area contributed by atoms with Crippen molar-refractivity contribution in [2.24, 2.45) is 0 Å². The van der Waals surface area contributed by atoms with Crippen LogP contribution in [0.2, 0.25) is 0 Å². The van der Waals surface area contributed by atoms with Gasteiger partial charge in [0.25, 0.3) is 0 Å². The minimum Gasteiger partial charge on any atom is -0.308 e. The van der Waals surface area contributed by atoms with Gasteiger partial charge < -0.3 is 4.57 Å². The number of thiophene rings is 1. The number of nitrogens with zero attached hydrogens (tertiary/aromatic N) is 4. The molecular formula is C45H26N4S. The molecule has 0 radical (unpaired) electrons. The maximum Gasteiger partial charge on any atom is 0.163 e. The summed E-state index contributed by atoms with van der Waals surface area (Å²) in [6.07, 6.45) is 1.80. The van der Waals surface area contributed by atoms with Crippen molar-refractivity contribution in [3.8, 4) is 28.3 Å². The third kappa shape index (κ3) is 3.95. The van der Waals surface area contributed by atoms with Gasteiger partial charge in [-0.1, -0.05) is 109 Å². The Bertz CT molecular complexity index is 3170. The number of benzene rings is 7. The SMILES string of the molecule is c1cc(-c2nc(-c3ccc4ccccc4c3)c3cccnc3n2)cc(-n2c3ccccc3c3c4ccccc4c4c5ccccc5sc4c32)c1. The van der Waals surface area contributed by atoms with Gasteiger partial charge >= 0.3 is 0 Å². The van der Waals surface area contributed by atoms with Crippen LogP contribution in [0, 0.1) is 0 Å². The minimum atomic E-state index is 0.652. The summed E-state index contributed by atoms with van der Waals surface area (Å²) in [4.78, 5) is 15.0. The van der Waals surface area contributed by atoms with E-state index in [1.165, 1.54) is 63.5 Å². The first kappa shape index (κ1) is 27.5. The molecule has 11 rings (SSSR count). The predicted octanol–water partition coefficient (Wildman–Crippen LogP) is 12.1. The average molecular weight is 655 g/mol. The number of hydrogen-bond donors (Lipinski definition) is 0. The molecule has 11 aromatic rings. The Morgan fingerprint density at radius 3 is 2.14 bits per heavy atom. The maximum absolute atomic E-state index is 5.26. The van der Waals surface area contributed by atoms with Crippen LogP contribution in [0.4, 0.5) is 0 Å². The lowest BCUT2D eigenvalue weighted by Gasteiger charge is -2.13. The zero-order chi connectivity index (χ0) is 32.8. The van der Waals surface area contributed by atoms with Gasteiger partial charge in [-0.05, 0) is 64.0 Å². The van der Waals surface area contributed by atoms with Gasteiger partial charge in [0.1, 0.15) is 0 Å². The molecule has 50 heavy (non-hydrogen) atoms. The largest absolute Gasteiger partial charge is 0.308 e. The van der Waals surface area contributed by atoms with Crippen molar-refractivity contribution in [3.05, 3.63) is 158 Å². The van der Waals surface area contributed by atoms with Crippen LogP contribution in [0.15, 0.2) is 158 Å². The quantitative estimate of drug-likeness (QED) is 0.190. The Kier molecular flexibility index (Phi) is 5.80. The Morgan fingerprint density at radius 2 is 1.24 bits per heavy atom. The van der Waals surface area contributed by atoms with Crippen LogP contribution in [0.5, 0.6) is 0 Å². The predicted molar refractivity (Wildman–Crippen MR) is 210 cm³/mol. The number of fused-ring (bicyclic) bond motifs is 12. The van der Waals surface area contributed by atoms with Crippen LogP contribution in [0.1, 0.15) is 0 Å². The fourth-order valence-electron chi connectivity index (χ4n) is 7.83. The molecule has 0 fully saturated rings. The van der Waals surface area contributed by atoms with E-state index in [0.717, 1.165) is 27.9 Å². The topological polar surface area (TPSA) is 43.6 Å². The highest BCUT2D eigenvalue weighted by atomic mass is 32.1. The zero-order valence-electron chi connectivity index (χ0n) is 26.7. The first-order valence-electron chi connectivity index (χ1n) is 16.8. The lowest BCUT2D eigenvalue weighted by Crippen LogP contribution is -1.98. The number of pyridine rings is 1. The molecule has 232 valence electrons. The van der Waals surface area contributed by atoms with Gasteiger partial charge in [-0.25, -0.2) is 15.0 Å². The van der Waals surface area contributed by atoms with Gasteiger partial charge in [0.15, 0.2) is 11.5 Å². The van der Waals surface area contributed by atoms with E-state index in [-0.39, 0.29) is 0 Å². The molecule has 4 aromatic heterocycles. The molecular weight excluding hydrogens is 629 g/mol. The second-order valence-electron chi connectivity index (χ2n) is 12.8. The highest BCUT2D eigenvalue weighted by molar-refractivity contribution is 7.27. The van der Waals surface area contributed by atoms with Crippen molar-refractivity contribution in [1.82, 2.24) is 19.5 Å². The molecule has 0 saturated carbocycles. The molecule has 0 aliphatic carbocycles. The van der Waals surface area contributed by atoms with Crippen molar-refractivity contribution in [1.29, 1.82) is 0 Å². The van der Waals surface area contributed by atoms with E-state index in [1.54, 1.807) is 6.20 Å². The van der Waals surface area contributed by atoms with Crippen LogP contribution >= 0.6 is 11.3 Å². The standard InChI is InChI=1S/C45H26N4S/c1-2-12-28-25-29(23-22-27(28)11-1)41-36-19-10-24-46-45(36)48-44(47-41)30-13-9-14-31(26-30)49-37-20-7-5-17-34(37)39-32-15-3-4-16-33(32)40-35-18-6-8-21-38(35)50-43(40)42(39)49/h1-26H. The van der Waals surface area contributed by atoms with Gasteiger partial charge in [-0.2, -0.15) is 0 Å². The fraction of sp³-hybridized carbons (Fsp3) is 0. The van der Waals surface area contributed by atoms with Crippen LogP contribution in [-0.2, 0) is 0 Å². The van der Waals surface area contributed by atoms with E-state index in [2.05, 4.69) is 150 Å². The van der Waals surface area contributed by atoms with Crippen molar-refractivity contribution in [2.45, 2.75) is 0 Å². The van der Waals surface area contributed by atoms with E-state index >= 15 is 0 Å². The Morgan fingerprint density at radius 1 is 0.500 bits per heavy atom. The average Bonchev–Trinajstić information content (AvgIpc) is 3.74. The summed E-state index contributed by atoms with van der Waals surface area (Å²) >= 11 is 1.88. The maximum atomic E-state index is 5.26. The molecule has 4 heterocycles. The summed E-state index contributed by atoms with van der Waals surface area (Å²) in [7, 11) is 0. The van der Waals surface area contributed by atoms with Crippen LogP contribution in [0.3, 0.4) is 0 Å². The summed E-state index contributed by atoms with van der Waals surface area (Å²) in [5, 5.41) is 11.0. The second kappa shape index (κ2) is 10.5. The molecule has 0 spiro atoms. The first-order valence-corrected chi connectivity index (χ1v) is 17.6. The summed E-state index contributed by atoms with van der Waals surface area (Å²) in [6, 6.07) is 54.1. The highest BCUT2D eigenvalue weighted by Crippen LogP contribution is 2.48. The first-order chi connectivity index (χ1) is 24.8. The van der Waals surface area contributed by atoms with Gasteiger partial charge in [0, 0.05) is 54.6 Å². The molecule has 0 saturated heterocycles. The Labute approximate surface area is 290 Å². The van der Waals surface area contributed by atoms with Crippen molar-refractivity contribution >= 4 is 85.9 Å². The molecule has 0 atom stereocenters. The van der Waals surface area contributed by atoms with Gasteiger partial charge in [-0.15, -0.1) is 11.3 Å². The van der Waals surface area contributed by atoms with Crippen LogP contribution < -0.4 is 0 Å². The number of para-hydroxylation sites is 1. The molecule has 0 N–H and O–H groups in total. The minimum absolute atomic E-state index is 0.652. The smallest absolute Gasteiger partial charge is 0.163 e. The van der Waals surface area contributed by atoms with Crippen LogP contribution in [0.25, 0.3) is 103 Å². The van der Waals surface area contributed by atoms with Crippen LogP contribution in [-0.4, -0.2) is 19.5 Å². The van der Waals surface area contributed by atoms with E-state index < -0.39 is 0 Å². The third-order valence-corrected chi connectivity index (χ3v) is 11.2. The lowest BCUT2D eigenvalue weighted by molar-refractivity contribution is 1.17. The summed E-state index contributed by atoms with van der Waals surface area (Å²) in [6.45, 7) is 0. The zero-order valence-corrected chi connectivity index (χ0v) is 27.5. The van der Waals surface area contributed by atoms with Gasteiger partial charge in [-0.3, -0.25) is 0 Å². The number of aromatic nitrogens is 4. The van der Waals surface area contributed by atoms with E-state index in [4.69, 9.17) is 15.0 Å². The lowest BCUT2D eigenvalue weighted by atomic mass is 9.99. The molecule has 0 bridgehead atoms. The normalized spacial score (nSPS) is 12.0. The molecule has 0 aliphatic rings. The van der Waals surface area contributed by atoms with E-state index in [1.807, 2.05) is 17.4 Å². The molecule has 0 unspecified atom stereocenters. The van der Waals surface area contributed by atoms with E-state index in [0.29, 0.717) is 11.5 Å². The van der Waals surface area contributed by atoms with Crippen molar-refractivity contribution < 1.29 is 0 Å². The Balaban J connectivity index is 1.20. The third-order valence-electron chi connectivity index (χ3n) is 10.0.